The van der Waals surface area contributed by atoms with E-state index in [1.165, 1.54) is 16.3 Å². The highest BCUT2D eigenvalue weighted by molar-refractivity contribution is 7.12. The van der Waals surface area contributed by atoms with Crippen molar-refractivity contribution in [1.29, 1.82) is 0 Å². The van der Waals surface area contributed by atoms with Crippen LogP contribution in [0.15, 0.2) is 60.0 Å². The van der Waals surface area contributed by atoms with Gasteiger partial charge in [0.1, 0.15) is 11.5 Å². The molecule has 176 valence electrons. The molecule has 1 saturated heterocycles. The summed E-state index contributed by atoms with van der Waals surface area (Å²) in [6.45, 7) is 3.04. The number of aryl methyl sites for hydroxylation is 1. The number of nitrogens with one attached hydrogen (secondary N) is 2. The summed E-state index contributed by atoms with van der Waals surface area (Å²) in [6, 6.07) is 15.7. The van der Waals surface area contributed by atoms with Crippen molar-refractivity contribution in [2.75, 3.05) is 30.0 Å². The van der Waals surface area contributed by atoms with E-state index in [4.69, 9.17) is 16.3 Å². The number of halogens is 1. The number of ether oxygens (including phenoxy) is 1. The first kappa shape index (κ1) is 23.7. The van der Waals surface area contributed by atoms with Crippen LogP contribution < -0.4 is 15.6 Å². The molecule has 4 rings (SSSR count). The Kier molecular flexibility index (Phi) is 7.46. The largest absolute Gasteiger partial charge is 0.370 e. The summed E-state index contributed by atoms with van der Waals surface area (Å²) in [5.41, 5.74) is 5.63. The zero-order chi connectivity index (χ0) is 24.1. The van der Waals surface area contributed by atoms with Crippen molar-refractivity contribution in [3.63, 3.8) is 0 Å². The molecule has 0 atom stereocenters. The highest BCUT2D eigenvalue weighted by Gasteiger charge is 2.23. The number of urea groups is 1. The molecule has 0 radical (unpaired) electrons. The summed E-state index contributed by atoms with van der Waals surface area (Å²) in [4.78, 5) is 40.1. The van der Waals surface area contributed by atoms with Crippen LogP contribution in [0.4, 0.5) is 16.2 Å². The normalized spacial score (nSPS) is 13.5. The van der Waals surface area contributed by atoms with Crippen LogP contribution in [0.5, 0.6) is 0 Å². The SMILES string of the molecule is Cc1cc(NC(=O)N(Cc2ccccc2)NC(=O)c2sccc2Cl)ccc1N1CCOCC1=O. The standard InChI is InChI=1S/C24H23ClN4O4S/c1-16-13-18(7-8-20(16)28-10-11-33-15-21(28)30)26-24(32)29(14-17-5-3-2-4-6-17)27-23(31)22-19(25)9-12-34-22/h2-9,12-13H,10-11,14-15H2,1H3,(H,26,32)(H,27,31). The first-order chi connectivity index (χ1) is 16.4. The molecule has 2 heterocycles. The third-order valence-electron chi connectivity index (χ3n) is 5.21. The van der Waals surface area contributed by atoms with Gasteiger partial charge < -0.3 is 15.0 Å². The molecular formula is C24H23ClN4O4S. The average Bonchev–Trinajstić information content (AvgIpc) is 3.26. The number of morpholine rings is 1. The highest BCUT2D eigenvalue weighted by atomic mass is 35.5. The van der Waals surface area contributed by atoms with Gasteiger partial charge in [0, 0.05) is 17.9 Å². The molecule has 0 unspecified atom stereocenters. The maximum atomic E-state index is 13.1. The van der Waals surface area contributed by atoms with Crippen LogP contribution in [0.3, 0.4) is 0 Å². The second kappa shape index (κ2) is 10.7. The van der Waals surface area contributed by atoms with Crippen LogP contribution in [0.1, 0.15) is 20.8 Å². The Balaban J connectivity index is 1.51. The molecule has 0 spiro atoms. The smallest absolute Gasteiger partial charge is 0.340 e. The molecular weight excluding hydrogens is 476 g/mol. The maximum absolute atomic E-state index is 13.1. The topological polar surface area (TPSA) is 91.0 Å². The molecule has 0 aliphatic carbocycles. The van der Waals surface area contributed by atoms with Crippen molar-refractivity contribution in [2.24, 2.45) is 0 Å². The van der Waals surface area contributed by atoms with E-state index in [1.54, 1.807) is 34.5 Å². The lowest BCUT2D eigenvalue weighted by atomic mass is 10.1. The maximum Gasteiger partial charge on any atom is 0.340 e. The molecule has 1 aliphatic heterocycles. The van der Waals surface area contributed by atoms with Crippen molar-refractivity contribution in [3.05, 3.63) is 81.0 Å². The number of anilines is 2. The summed E-state index contributed by atoms with van der Waals surface area (Å²) in [5, 5.41) is 6.07. The average molecular weight is 499 g/mol. The number of thiophene rings is 1. The Hall–Kier alpha value is -3.40. The van der Waals surface area contributed by atoms with E-state index >= 15 is 0 Å². The third kappa shape index (κ3) is 5.56. The summed E-state index contributed by atoms with van der Waals surface area (Å²) < 4.78 is 5.19. The lowest BCUT2D eigenvalue weighted by molar-refractivity contribution is -0.125. The number of carbonyl (C=O) groups is 3. The predicted molar refractivity (Wildman–Crippen MR) is 132 cm³/mol. The fourth-order valence-corrected chi connectivity index (χ4v) is 4.59. The number of carbonyl (C=O) groups excluding carboxylic acids is 3. The van der Waals surface area contributed by atoms with Crippen molar-refractivity contribution in [1.82, 2.24) is 10.4 Å². The molecule has 2 N–H and O–H groups in total. The minimum atomic E-state index is -0.514. The van der Waals surface area contributed by atoms with Crippen LogP contribution >= 0.6 is 22.9 Å². The van der Waals surface area contributed by atoms with Gasteiger partial charge in [-0.1, -0.05) is 41.9 Å². The van der Waals surface area contributed by atoms with Gasteiger partial charge in [0.2, 0.25) is 0 Å². The van der Waals surface area contributed by atoms with Crippen LogP contribution in [-0.2, 0) is 16.1 Å². The fourth-order valence-electron chi connectivity index (χ4n) is 3.56. The molecule has 1 aromatic heterocycles. The quantitative estimate of drug-likeness (QED) is 0.508. The van der Waals surface area contributed by atoms with Gasteiger partial charge in [-0.3, -0.25) is 15.0 Å². The van der Waals surface area contributed by atoms with Gasteiger partial charge >= 0.3 is 6.03 Å². The van der Waals surface area contributed by atoms with Crippen molar-refractivity contribution < 1.29 is 19.1 Å². The fraction of sp³-hybridized carbons (Fsp3) is 0.208. The molecule has 4 amide bonds. The molecule has 10 heteroatoms. The molecule has 3 aromatic rings. The van der Waals surface area contributed by atoms with Crippen LogP contribution in [0.2, 0.25) is 5.02 Å². The van der Waals surface area contributed by atoms with Gasteiger partial charge in [0.05, 0.1) is 18.2 Å². The highest BCUT2D eigenvalue weighted by Crippen LogP contribution is 2.25. The van der Waals surface area contributed by atoms with Gasteiger partial charge in [-0.15, -0.1) is 11.3 Å². The van der Waals surface area contributed by atoms with E-state index in [1.807, 2.05) is 37.3 Å². The van der Waals surface area contributed by atoms with Crippen molar-refractivity contribution >= 4 is 52.2 Å². The molecule has 0 saturated carbocycles. The van der Waals surface area contributed by atoms with Crippen LogP contribution in [0.25, 0.3) is 0 Å². The molecule has 2 aromatic carbocycles. The zero-order valence-electron chi connectivity index (χ0n) is 18.4. The van der Waals surface area contributed by atoms with Crippen molar-refractivity contribution in [3.8, 4) is 0 Å². The Bertz CT molecular complexity index is 1200. The van der Waals surface area contributed by atoms with Gasteiger partial charge in [0.15, 0.2) is 0 Å². The summed E-state index contributed by atoms with van der Waals surface area (Å²) in [5.74, 6) is -0.571. The van der Waals surface area contributed by atoms with Gasteiger partial charge in [-0.2, -0.15) is 0 Å². The van der Waals surface area contributed by atoms with E-state index in [0.717, 1.165) is 16.8 Å². The number of benzene rings is 2. The van der Waals surface area contributed by atoms with Gasteiger partial charge in [-0.25, -0.2) is 9.80 Å². The van der Waals surface area contributed by atoms with E-state index < -0.39 is 11.9 Å². The number of hydrazine groups is 1. The monoisotopic (exact) mass is 498 g/mol. The van der Waals surface area contributed by atoms with E-state index in [-0.39, 0.29) is 19.1 Å². The Labute approximate surface area is 206 Å². The molecule has 0 bridgehead atoms. The number of hydrogen-bond acceptors (Lipinski definition) is 5. The van der Waals surface area contributed by atoms with E-state index in [9.17, 15) is 14.4 Å². The van der Waals surface area contributed by atoms with Crippen LogP contribution in [0, 0.1) is 6.92 Å². The van der Waals surface area contributed by atoms with Crippen molar-refractivity contribution in [2.45, 2.75) is 13.5 Å². The zero-order valence-corrected chi connectivity index (χ0v) is 20.0. The van der Waals surface area contributed by atoms with E-state index in [0.29, 0.717) is 28.7 Å². The summed E-state index contributed by atoms with van der Waals surface area (Å²) in [6.07, 6.45) is 0. The minimum absolute atomic E-state index is 0.0559. The number of rotatable bonds is 5. The lowest BCUT2D eigenvalue weighted by Gasteiger charge is -2.28. The molecule has 1 fully saturated rings. The number of hydrogen-bond donors (Lipinski definition) is 2. The Morgan fingerprint density at radius 3 is 2.65 bits per heavy atom. The lowest BCUT2D eigenvalue weighted by Crippen LogP contribution is -2.47. The first-order valence-electron chi connectivity index (χ1n) is 10.6. The first-order valence-corrected chi connectivity index (χ1v) is 11.8. The molecule has 8 nitrogen and oxygen atoms in total. The summed E-state index contributed by atoms with van der Waals surface area (Å²) in [7, 11) is 0. The number of nitrogens with zero attached hydrogens (tertiary/aromatic N) is 2. The number of amides is 4. The second-order valence-corrected chi connectivity index (χ2v) is 8.96. The summed E-state index contributed by atoms with van der Waals surface area (Å²) >= 11 is 7.28. The minimum Gasteiger partial charge on any atom is -0.370 e. The third-order valence-corrected chi connectivity index (χ3v) is 6.55. The predicted octanol–water partition coefficient (Wildman–Crippen LogP) is 4.45. The Morgan fingerprint density at radius 1 is 1.18 bits per heavy atom. The van der Waals surface area contributed by atoms with Gasteiger partial charge in [-0.05, 0) is 47.7 Å². The second-order valence-electron chi connectivity index (χ2n) is 7.64. The van der Waals surface area contributed by atoms with E-state index in [2.05, 4.69) is 10.7 Å². The van der Waals surface area contributed by atoms with Gasteiger partial charge in [0.25, 0.3) is 11.8 Å². The molecule has 34 heavy (non-hydrogen) atoms. The Morgan fingerprint density at radius 2 is 1.97 bits per heavy atom. The molecule has 1 aliphatic rings. The van der Waals surface area contributed by atoms with Crippen LogP contribution in [-0.4, -0.2) is 42.6 Å².